The van der Waals surface area contributed by atoms with Crippen LogP contribution in [-0.2, 0) is 0 Å². The molecule has 5 heteroatoms. The lowest BCUT2D eigenvalue weighted by Crippen LogP contribution is -1.90. The molecule has 2 rings (SSSR count). The van der Waals surface area contributed by atoms with E-state index in [1.54, 1.807) is 12.1 Å². The van der Waals surface area contributed by atoms with E-state index in [2.05, 4.69) is 0 Å². The van der Waals surface area contributed by atoms with Crippen molar-refractivity contribution in [3.8, 4) is 34.8 Å². The van der Waals surface area contributed by atoms with Gasteiger partial charge in [-0.25, -0.2) is 0 Å². The zero-order valence-electron chi connectivity index (χ0n) is 8.51. The van der Waals surface area contributed by atoms with Crippen molar-refractivity contribution in [3.05, 3.63) is 35.8 Å². The highest BCUT2D eigenvalue weighted by Crippen LogP contribution is 2.38. The molecule has 0 radical (unpaired) electrons. The van der Waals surface area contributed by atoms with Gasteiger partial charge in [0.05, 0.1) is 24.2 Å². The second kappa shape index (κ2) is 3.92. The molecule has 0 unspecified atom stereocenters. The average molecular weight is 226 g/mol. The fourth-order valence-corrected chi connectivity index (χ4v) is 1.56. The number of rotatable bonds is 1. The smallest absolute Gasteiger partial charge is 0.176 e. The number of benzene rings is 1. The molecule has 0 aliphatic heterocycles. The number of furan rings is 1. The molecule has 0 saturated heterocycles. The van der Waals surface area contributed by atoms with Crippen LogP contribution in [0.4, 0.5) is 0 Å². The first-order valence-corrected chi connectivity index (χ1v) is 4.60. The van der Waals surface area contributed by atoms with E-state index < -0.39 is 11.5 Å². The lowest BCUT2D eigenvalue weighted by Gasteiger charge is -2.07. The van der Waals surface area contributed by atoms with E-state index in [0.29, 0.717) is 5.56 Å². The Labute approximate surface area is 96.4 Å². The second-order valence-electron chi connectivity index (χ2n) is 3.28. The molecule has 0 fully saturated rings. The van der Waals surface area contributed by atoms with E-state index >= 15 is 0 Å². The number of hydrogen-bond acceptors (Lipinski definition) is 5. The minimum absolute atomic E-state index is 0.0956. The molecule has 0 bridgehead atoms. The van der Waals surface area contributed by atoms with Gasteiger partial charge in [0.2, 0.25) is 0 Å². The van der Waals surface area contributed by atoms with Crippen molar-refractivity contribution in [3.63, 3.8) is 0 Å². The highest BCUT2D eigenvalue weighted by atomic mass is 16.3. The summed E-state index contributed by atoms with van der Waals surface area (Å²) >= 11 is 0. The highest BCUT2D eigenvalue weighted by Gasteiger charge is 2.19. The minimum atomic E-state index is -0.539. The van der Waals surface area contributed by atoms with Crippen molar-refractivity contribution >= 4 is 0 Å². The van der Waals surface area contributed by atoms with Gasteiger partial charge in [-0.2, -0.15) is 10.5 Å². The van der Waals surface area contributed by atoms with Crippen LogP contribution in [0.15, 0.2) is 29.1 Å². The third kappa shape index (κ3) is 1.56. The minimum Gasteiger partial charge on any atom is -0.504 e. The summed E-state index contributed by atoms with van der Waals surface area (Å²) in [6, 6.07) is 6.30. The van der Waals surface area contributed by atoms with E-state index in [4.69, 9.17) is 14.9 Å². The first kappa shape index (κ1) is 10.6. The summed E-state index contributed by atoms with van der Waals surface area (Å²) in [5.41, 5.74) is 0.689. The molecule has 0 saturated carbocycles. The van der Waals surface area contributed by atoms with Crippen molar-refractivity contribution in [1.29, 1.82) is 10.5 Å². The zero-order chi connectivity index (χ0) is 12.4. The Balaban J connectivity index is 2.87. The number of hydrogen-bond donors (Lipinski definition) is 2. The van der Waals surface area contributed by atoms with Crippen molar-refractivity contribution < 1.29 is 14.6 Å². The normalized spacial score (nSPS) is 9.53. The van der Waals surface area contributed by atoms with Crippen LogP contribution in [0.25, 0.3) is 11.1 Å². The second-order valence-corrected chi connectivity index (χ2v) is 3.28. The van der Waals surface area contributed by atoms with Crippen molar-refractivity contribution in [1.82, 2.24) is 0 Å². The number of phenolic OH excluding ortho intramolecular Hbond substituents is 2. The molecule has 0 amide bonds. The van der Waals surface area contributed by atoms with E-state index in [-0.39, 0.29) is 16.7 Å². The predicted molar refractivity (Wildman–Crippen MR) is 56.9 cm³/mol. The quantitative estimate of drug-likeness (QED) is 0.725. The Morgan fingerprint density at radius 3 is 2.47 bits per heavy atom. The van der Waals surface area contributed by atoms with Crippen LogP contribution in [-0.4, -0.2) is 10.2 Å². The van der Waals surface area contributed by atoms with Gasteiger partial charge in [0.25, 0.3) is 0 Å². The van der Waals surface area contributed by atoms with Crippen LogP contribution in [0, 0.1) is 22.7 Å². The summed E-state index contributed by atoms with van der Waals surface area (Å²) in [7, 11) is 0. The van der Waals surface area contributed by atoms with Crippen LogP contribution >= 0.6 is 0 Å². The highest BCUT2D eigenvalue weighted by molar-refractivity contribution is 5.80. The predicted octanol–water partition coefficient (Wildman–Crippen LogP) is 2.10. The van der Waals surface area contributed by atoms with E-state index in [1.165, 1.54) is 12.5 Å². The Bertz CT molecular complexity index is 646. The molecular weight excluding hydrogens is 220 g/mol. The first-order valence-electron chi connectivity index (χ1n) is 4.60. The van der Waals surface area contributed by atoms with Gasteiger partial charge in [0.1, 0.15) is 11.6 Å². The van der Waals surface area contributed by atoms with Crippen molar-refractivity contribution in [2.45, 2.75) is 0 Å². The van der Waals surface area contributed by atoms with E-state index in [0.717, 1.165) is 6.07 Å². The number of nitrogens with zero attached hydrogens (tertiary/aromatic N) is 2. The summed E-state index contributed by atoms with van der Waals surface area (Å²) in [6.45, 7) is 0. The topological polar surface area (TPSA) is 101 Å². The molecule has 82 valence electrons. The molecule has 5 nitrogen and oxygen atoms in total. The van der Waals surface area contributed by atoms with Crippen LogP contribution in [0.5, 0.6) is 11.5 Å². The van der Waals surface area contributed by atoms with Gasteiger partial charge in [-0.15, -0.1) is 0 Å². The summed E-state index contributed by atoms with van der Waals surface area (Å²) in [4.78, 5) is 0. The molecule has 0 atom stereocenters. The fraction of sp³-hybridized carbons (Fsp3) is 0. The maximum absolute atomic E-state index is 9.58. The van der Waals surface area contributed by atoms with Crippen LogP contribution in [0.1, 0.15) is 11.1 Å². The van der Waals surface area contributed by atoms with Gasteiger partial charge in [-0.3, -0.25) is 0 Å². The number of phenols is 2. The van der Waals surface area contributed by atoms with Gasteiger partial charge >= 0.3 is 0 Å². The SMILES string of the molecule is N#Cc1cc(O)c(O)c(C#N)c1-c1ccoc1. The van der Waals surface area contributed by atoms with Crippen LogP contribution < -0.4 is 0 Å². The molecule has 0 aliphatic rings. The molecule has 1 aromatic heterocycles. The van der Waals surface area contributed by atoms with Gasteiger partial charge in [0, 0.05) is 17.2 Å². The van der Waals surface area contributed by atoms with Gasteiger partial charge < -0.3 is 14.6 Å². The zero-order valence-corrected chi connectivity index (χ0v) is 8.51. The lowest BCUT2D eigenvalue weighted by atomic mass is 9.96. The summed E-state index contributed by atoms with van der Waals surface area (Å²) in [5, 5.41) is 36.9. The maximum Gasteiger partial charge on any atom is 0.176 e. The summed E-state index contributed by atoms with van der Waals surface area (Å²) in [5.74, 6) is -1.03. The van der Waals surface area contributed by atoms with Gasteiger partial charge in [-0.1, -0.05) is 0 Å². The molecule has 2 aromatic rings. The van der Waals surface area contributed by atoms with Crippen LogP contribution in [0.2, 0.25) is 0 Å². The largest absolute Gasteiger partial charge is 0.504 e. The Hall–Kier alpha value is -2.92. The standard InChI is InChI=1S/C12H6N2O3/c13-4-8-3-10(15)12(16)9(5-14)11(8)7-1-2-17-6-7/h1-3,6,15-16H. The van der Waals surface area contributed by atoms with Crippen molar-refractivity contribution in [2.75, 3.05) is 0 Å². The molecule has 2 N–H and O–H groups in total. The summed E-state index contributed by atoms with van der Waals surface area (Å²) < 4.78 is 4.88. The molecular formula is C12H6N2O3. The molecule has 0 spiro atoms. The number of aromatic hydroxyl groups is 2. The van der Waals surface area contributed by atoms with E-state index in [1.807, 2.05) is 6.07 Å². The third-order valence-corrected chi connectivity index (χ3v) is 2.32. The number of nitriles is 2. The molecule has 0 aliphatic carbocycles. The Morgan fingerprint density at radius 2 is 1.94 bits per heavy atom. The Morgan fingerprint density at radius 1 is 1.18 bits per heavy atom. The summed E-state index contributed by atoms with van der Waals surface area (Å²) in [6.07, 6.45) is 2.75. The Kier molecular flexibility index (Phi) is 2.44. The van der Waals surface area contributed by atoms with Crippen LogP contribution in [0.3, 0.4) is 0 Å². The average Bonchev–Trinajstić information content (AvgIpc) is 2.85. The third-order valence-electron chi connectivity index (χ3n) is 2.32. The van der Waals surface area contributed by atoms with Gasteiger partial charge in [0.15, 0.2) is 11.5 Å². The van der Waals surface area contributed by atoms with Crippen molar-refractivity contribution in [2.24, 2.45) is 0 Å². The lowest BCUT2D eigenvalue weighted by molar-refractivity contribution is 0.402. The monoisotopic (exact) mass is 226 g/mol. The molecule has 17 heavy (non-hydrogen) atoms. The first-order chi connectivity index (χ1) is 8.19. The fourth-order valence-electron chi connectivity index (χ4n) is 1.56. The molecule has 1 heterocycles. The maximum atomic E-state index is 9.58. The molecule has 1 aromatic carbocycles. The van der Waals surface area contributed by atoms with Gasteiger partial charge in [-0.05, 0) is 6.07 Å². The van der Waals surface area contributed by atoms with E-state index in [9.17, 15) is 10.2 Å².